The van der Waals surface area contributed by atoms with Crippen LogP contribution in [0.1, 0.15) is 5.56 Å². The third-order valence-corrected chi connectivity index (χ3v) is 5.02. The summed E-state index contributed by atoms with van der Waals surface area (Å²) in [5.41, 5.74) is 6.73. The summed E-state index contributed by atoms with van der Waals surface area (Å²) < 4.78 is 0. The minimum Gasteiger partial charge on any atom is -0.507 e. The number of thiazole rings is 1. The summed E-state index contributed by atoms with van der Waals surface area (Å²) in [5, 5.41) is 14.7. The van der Waals surface area contributed by atoms with Gasteiger partial charge in [-0.2, -0.15) is 5.10 Å². The molecule has 0 unspecified atom stereocenters. The van der Waals surface area contributed by atoms with Crippen molar-refractivity contribution in [2.75, 3.05) is 5.43 Å². The van der Waals surface area contributed by atoms with Crippen LogP contribution in [0.2, 0.25) is 0 Å². The zero-order valence-electron chi connectivity index (χ0n) is 14.4. The van der Waals surface area contributed by atoms with Crippen LogP contribution in [-0.2, 0) is 0 Å². The summed E-state index contributed by atoms with van der Waals surface area (Å²) in [6.45, 7) is 0. The quantitative estimate of drug-likeness (QED) is 0.353. The van der Waals surface area contributed by atoms with Gasteiger partial charge in [0.15, 0.2) is 0 Å². The van der Waals surface area contributed by atoms with Crippen molar-refractivity contribution in [1.29, 1.82) is 0 Å². The lowest BCUT2D eigenvalue weighted by molar-refractivity contribution is 0.474. The average Bonchev–Trinajstić information content (AvgIpc) is 3.15. The third kappa shape index (κ3) is 3.88. The molecule has 4 rings (SSSR count). The Morgan fingerprint density at radius 3 is 2.15 bits per heavy atom. The van der Waals surface area contributed by atoms with E-state index in [9.17, 15) is 5.11 Å². The predicted octanol–water partition coefficient (Wildman–Crippen LogP) is 5.63. The van der Waals surface area contributed by atoms with Gasteiger partial charge in [-0.15, -0.1) is 0 Å². The minimum absolute atomic E-state index is 0.192. The minimum atomic E-state index is 0.192. The Hall–Kier alpha value is -3.44. The van der Waals surface area contributed by atoms with E-state index in [2.05, 4.69) is 34.8 Å². The molecule has 3 aromatic carbocycles. The molecule has 0 atom stereocenters. The Labute approximate surface area is 161 Å². The summed E-state index contributed by atoms with van der Waals surface area (Å²) in [6.07, 6.45) is 1.58. The lowest BCUT2D eigenvalue weighted by Crippen LogP contribution is -1.90. The van der Waals surface area contributed by atoms with Crippen molar-refractivity contribution < 1.29 is 5.11 Å². The Morgan fingerprint density at radius 2 is 1.44 bits per heavy atom. The molecule has 132 valence electrons. The van der Waals surface area contributed by atoms with Gasteiger partial charge >= 0.3 is 0 Å². The largest absolute Gasteiger partial charge is 0.507 e. The van der Waals surface area contributed by atoms with E-state index in [1.807, 2.05) is 42.5 Å². The van der Waals surface area contributed by atoms with Crippen LogP contribution in [0.15, 0.2) is 90.0 Å². The number of hydrogen-bond donors (Lipinski definition) is 2. The first kappa shape index (κ1) is 17.0. The lowest BCUT2D eigenvalue weighted by atomic mass is 10.1. The number of nitrogens with one attached hydrogen (secondary N) is 1. The maximum absolute atomic E-state index is 9.82. The van der Waals surface area contributed by atoms with E-state index >= 15 is 0 Å². The van der Waals surface area contributed by atoms with Crippen LogP contribution in [0.3, 0.4) is 0 Å². The summed E-state index contributed by atoms with van der Waals surface area (Å²) >= 11 is 1.55. The first-order valence-electron chi connectivity index (χ1n) is 8.50. The number of aromatic nitrogens is 1. The van der Waals surface area contributed by atoms with Crippen LogP contribution in [-0.4, -0.2) is 16.3 Å². The molecule has 27 heavy (non-hydrogen) atoms. The van der Waals surface area contributed by atoms with Crippen molar-refractivity contribution in [3.63, 3.8) is 0 Å². The van der Waals surface area contributed by atoms with E-state index in [-0.39, 0.29) is 5.75 Å². The number of benzene rings is 3. The van der Waals surface area contributed by atoms with Crippen LogP contribution in [0.4, 0.5) is 5.13 Å². The Bertz CT molecular complexity index is 1000. The van der Waals surface area contributed by atoms with E-state index in [1.54, 1.807) is 35.8 Å². The highest BCUT2D eigenvalue weighted by atomic mass is 32.1. The highest BCUT2D eigenvalue weighted by Crippen LogP contribution is 2.38. The number of para-hydroxylation sites is 1. The highest BCUT2D eigenvalue weighted by molar-refractivity contribution is 7.19. The molecule has 0 amide bonds. The molecule has 0 saturated carbocycles. The number of rotatable bonds is 5. The van der Waals surface area contributed by atoms with Crippen molar-refractivity contribution in [1.82, 2.24) is 4.98 Å². The Kier molecular flexibility index (Phi) is 4.94. The predicted molar refractivity (Wildman–Crippen MR) is 112 cm³/mol. The molecular formula is C22H17N3OS. The molecule has 5 heteroatoms. The van der Waals surface area contributed by atoms with E-state index in [4.69, 9.17) is 4.98 Å². The first-order chi connectivity index (χ1) is 13.3. The van der Waals surface area contributed by atoms with Gasteiger partial charge in [0, 0.05) is 11.1 Å². The molecule has 2 N–H and O–H groups in total. The van der Waals surface area contributed by atoms with Gasteiger partial charge in [-0.3, -0.25) is 5.43 Å². The lowest BCUT2D eigenvalue weighted by Gasteiger charge is -2.02. The molecule has 0 saturated heterocycles. The van der Waals surface area contributed by atoms with Crippen molar-refractivity contribution in [3.05, 3.63) is 90.5 Å². The zero-order chi connectivity index (χ0) is 18.5. The van der Waals surface area contributed by atoms with Crippen LogP contribution in [0.5, 0.6) is 5.75 Å². The standard InChI is InChI=1S/C22H17N3OS/c26-19-14-8-7-13-18(19)15-23-25-22-24-20(16-9-3-1-4-10-16)21(27-22)17-11-5-2-6-12-17/h1-15,26H,(H,24,25). The topological polar surface area (TPSA) is 57.5 Å². The van der Waals surface area contributed by atoms with Crippen LogP contribution in [0.25, 0.3) is 21.7 Å². The second kappa shape index (κ2) is 7.85. The number of phenolic OH excluding ortho intramolecular Hbond substituents is 1. The molecule has 0 aliphatic rings. The second-order valence-corrected chi connectivity index (χ2v) is 6.86. The van der Waals surface area contributed by atoms with Crippen molar-refractivity contribution in [3.8, 4) is 27.4 Å². The summed E-state index contributed by atoms with van der Waals surface area (Å²) in [7, 11) is 0. The number of anilines is 1. The summed E-state index contributed by atoms with van der Waals surface area (Å²) in [6, 6.07) is 27.4. The smallest absolute Gasteiger partial charge is 0.204 e. The van der Waals surface area contributed by atoms with E-state index in [0.29, 0.717) is 10.7 Å². The summed E-state index contributed by atoms with van der Waals surface area (Å²) in [5.74, 6) is 0.192. The molecule has 1 aromatic heterocycles. The van der Waals surface area contributed by atoms with Crippen molar-refractivity contribution in [2.24, 2.45) is 5.10 Å². The second-order valence-electron chi connectivity index (χ2n) is 5.86. The van der Waals surface area contributed by atoms with E-state index in [1.165, 1.54) is 0 Å². The zero-order valence-corrected chi connectivity index (χ0v) is 15.2. The molecule has 0 aliphatic carbocycles. The van der Waals surface area contributed by atoms with Crippen molar-refractivity contribution >= 4 is 22.7 Å². The molecule has 0 spiro atoms. The van der Waals surface area contributed by atoms with Crippen LogP contribution < -0.4 is 5.43 Å². The van der Waals surface area contributed by atoms with Gasteiger partial charge in [-0.25, -0.2) is 4.98 Å². The number of hydrazone groups is 1. The molecule has 4 aromatic rings. The molecule has 0 aliphatic heterocycles. The van der Waals surface area contributed by atoms with Gasteiger partial charge in [-0.05, 0) is 17.7 Å². The maximum Gasteiger partial charge on any atom is 0.204 e. The number of hydrogen-bond acceptors (Lipinski definition) is 5. The van der Waals surface area contributed by atoms with Gasteiger partial charge in [0.1, 0.15) is 5.75 Å². The number of nitrogens with zero attached hydrogens (tertiary/aromatic N) is 2. The van der Waals surface area contributed by atoms with Gasteiger partial charge in [0.2, 0.25) is 5.13 Å². The monoisotopic (exact) mass is 371 g/mol. The molecule has 4 nitrogen and oxygen atoms in total. The number of aromatic hydroxyl groups is 1. The van der Waals surface area contributed by atoms with Crippen LogP contribution in [0, 0.1) is 0 Å². The molecule has 0 bridgehead atoms. The molecule has 0 fully saturated rings. The molecular weight excluding hydrogens is 354 g/mol. The highest BCUT2D eigenvalue weighted by Gasteiger charge is 2.14. The van der Waals surface area contributed by atoms with Gasteiger partial charge in [0.05, 0.1) is 16.8 Å². The SMILES string of the molecule is Oc1ccccc1C=NNc1nc(-c2ccccc2)c(-c2ccccc2)s1. The van der Waals surface area contributed by atoms with Gasteiger partial charge in [0.25, 0.3) is 0 Å². The van der Waals surface area contributed by atoms with E-state index in [0.717, 1.165) is 21.7 Å². The normalized spacial score (nSPS) is 11.0. The van der Waals surface area contributed by atoms with Gasteiger partial charge in [-0.1, -0.05) is 84.1 Å². The first-order valence-corrected chi connectivity index (χ1v) is 9.31. The Balaban J connectivity index is 1.66. The maximum atomic E-state index is 9.82. The average molecular weight is 371 g/mol. The van der Waals surface area contributed by atoms with Crippen molar-refractivity contribution in [2.45, 2.75) is 0 Å². The molecule has 0 radical (unpaired) electrons. The van der Waals surface area contributed by atoms with E-state index < -0.39 is 0 Å². The fourth-order valence-electron chi connectivity index (χ4n) is 2.70. The van der Waals surface area contributed by atoms with Crippen LogP contribution >= 0.6 is 11.3 Å². The van der Waals surface area contributed by atoms with Gasteiger partial charge < -0.3 is 5.11 Å². The fourth-order valence-corrected chi connectivity index (χ4v) is 3.64. The molecule has 1 heterocycles. The Morgan fingerprint density at radius 1 is 0.815 bits per heavy atom. The summed E-state index contributed by atoms with van der Waals surface area (Å²) in [4.78, 5) is 5.83. The number of phenols is 1. The third-order valence-electron chi connectivity index (χ3n) is 4.01. The fraction of sp³-hybridized carbons (Fsp3) is 0.